The minimum atomic E-state index is 0.204. The molecule has 0 saturated heterocycles. The molecular weight excluding hydrogens is 196 g/mol. The molecule has 0 heterocycles. The van der Waals surface area contributed by atoms with E-state index in [1.807, 2.05) is 26.0 Å². The van der Waals surface area contributed by atoms with Crippen molar-refractivity contribution in [2.75, 3.05) is 11.9 Å². The minimum Gasteiger partial charge on any atom is -0.506 e. The number of phenols is 1. The number of rotatable bonds is 2. The van der Waals surface area contributed by atoms with Gasteiger partial charge in [-0.2, -0.15) is 0 Å². The molecular formula is C10H14N2OS. The second kappa shape index (κ2) is 4.81. The molecule has 0 fully saturated rings. The first-order chi connectivity index (χ1) is 6.63. The molecule has 0 spiro atoms. The summed E-state index contributed by atoms with van der Waals surface area (Å²) in [5.74, 6) is 0.204. The molecule has 0 aliphatic carbocycles. The number of benzene rings is 1. The average Bonchev–Trinajstić information content (AvgIpc) is 2.12. The van der Waals surface area contributed by atoms with E-state index in [-0.39, 0.29) is 5.75 Å². The van der Waals surface area contributed by atoms with E-state index in [1.54, 1.807) is 6.07 Å². The van der Waals surface area contributed by atoms with Gasteiger partial charge in [0.25, 0.3) is 0 Å². The first kappa shape index (κ1) is 10.8. The minimum absolute atomic E-state index is 0.204. The van der Waals surface area contributed by atoms with E-state index in [4.69, 9.17) is 12.2 Å². The largest absolute Gasteiger partial charge is 0.506 e. The normalized spacial score (nSPS) is 9.57. The summed E-state index contributed by atoms with van der Waals surface area (Å²) in [6.07, 6.45) is 0. The van der Waals surface area contributed by atoms with Gasteiger partial charge in [0, 0.05) is 6.54 Å². The maximum Gasteiger partial charge on any atom is 0.170 e. The average molecular weight is 210 g/mol. The van der Waals surface area contributed by atoms with Gasteiger partial charge in [-0.05, 0) is 43.8 Å². The van der Waals surface area contributed by atoms with Crippen molar-refractivity contribution in [1.29, 1.82) is 0 Å². The Morgan fingerprint density at radius 2 is 2.21 bits per heavy atom. The van der Waals surface area contributed by atoms with E-state index in [2.05, 4.69) is 10.6 Å². The molecule has 1 rings (SSSR count). The van der Waals surface area contributed by atoms with Gasteiger partial charge in [0.2, 0.25) is 0 Å². The van der Waals surface area contributed by atoms with Crippen LogP contribution in [0.4, 0.5) is 5.69 Å². The van der Waals surface area contributed by atoms with Gasteiger partial charge in [-0.25, -0.2) is 0 Å². The summed E-state index contributed by atoms with van der Waals surface area (Å²) in [5.41, 5.74) is 1.71. The molecule has 3 nitrogen and oxygen atoms in total. The number of anilines is 1. The van der Waals surface area contributed by atoms with Crippen molar-refractivity contribution in [2.24, 2.45) is 0 Å². The monoisotopic (exact) mass is 210 g/mol. The number of thiocarbonyl (C=S) groups is 1. The van der Waals surface area contributed by atoms with Crippen LogP contribution >= 0.6 is 12.2 Å². The number of aryl methyl sites for hydroxylation is 1. The van der Waals surface area contributed by atoms with Crippen LogP contribution in [0, 0.1) is 6.92 Å². The Labute approximate surface area is 89.1 Å². The second-order valence-corrected chi connectivity index (χ2v) is 3.41. The fourth-order valence-electron chi connectivity index (χ4n) is 1.08. The Hall–Kier alpha value is -1.29. The van der Waals surface area contributed by atoms with Gasteiger partial charge in [0.1, 0.15) is 5.75 Å². The lowest BCUT2D eigenvalue weighted by Gasteiger charge is -2.10. The lowest BCUT2D eigenvalue weighted by atomic mass is 10.2. The molecule has 0 aliphatic heterocycles. The van der Waals surface area contributed by atoms with Crippen LogP contribution in [-0.2, 0) is 0 Å². The molecule has 0 bridgehead atoms. The van der Waals surface area contributed by atoms with Gasteiger partial charge >= 0.3 is 0 Å². The molecule has 0 aromatic heterocycles. The summed E-state index contributed by atoms with van der Waals surface area (Å²) in [4.78, 5) is 0. The molecule has 0 radical (unpaired) electrons. The fraction of sp³-hybridized carbons (Fsp3) is 0.300. The Bertz CT molecular complexity index is 339. The molecule has 0 unspecified atom stereocenters. The lowest BCUT2D eigenvalue weighted by molar-refractivity contribution is 0.477. The van der Waals surface area contributed by atoms with Crippen LogP contribution in [-0.4, -0.2) is 16.8 Å². The van der Waals surface area contributed by atoms with Gasteiger partial charge in [-0.15, -0.1) is 0 Å². The summed E-state index contributed by atoms with van der Waals surface area (Å²) in [6, 6.07) is 5.34. The molecule has 1 aromatic carbocycles. The standard InChI is InChI=1S/C10H14N2OS/c1-3-11-10(14)12-8-6-7(2)4-5-9(8)13/h4-6,13H,3H2,1-2H3,(H2,11,12,14). The molecule has 1 aromatic rings. The Morgan fingerprint density at radius 1 is 1.50 bits per heavy atom. The summed E-state index contributed by atoms with van der Waals surface area (Å²) in [5, 5.41) is 15.9. The van der Waals surface area contributed by atoms with Gasteiger partial charge in [0.15, 0.2) is 5.11 Å². The smallest absolute Gasteiger partial charge is 0.170 e. The molecule has 0 aliphatic rings. The maximum absolute atomic E-state index is 9.50. The van der Waals surface area contributed by atoms with Crippen molar-refractivity contribution in [2.45, 2.75) is 13.8 Å². The highest BCUT2D eigenvalue weighted by atomic mass is 32.1. The van der Waals surface area contributed by atoms with Crippen LogP contribution in [0.3, 0.4) is 0 Å². The zero-order valence-electron chi connectivity index (χ0n) is 8.29. The highest BCUT2D eigenvalue weighted by Gasteiger charge is 2.02. The number of hydrogen-bond donors (Lipinski definition) is 3. The van der Waals surface area contributed by atoms with E-state index in [9.17, 15) is 5.11 Å². The van der Waals surface area contributed by atoms with Crippen molar-refractivity contribution in [3.8, 4) is 5.75 Å². The third-order valence-corrected chi connectivity index (χ3v) is 1.98. The van der Waals surface area contributed by atoms with Gasteiger partial charge in [0.05, 0.1) is 5.69 Å². The third kappa shape index (κ3) is 2.88. The van der Waals surface area contributed by atoms with Crippen LogP contribution in [0.2, 0.25) is 0 Å². The molecule has 0 atom stereocenters. The second-order valence-electron chi connectivity index (χ2n) is 3.01. The summed E-state index contributed by atoms with van der Waals surface area (Å²) < 4.78 is 0. The van der Waals surface area contributed by atoms with Crippen molar-refractivity contribution < 1.29 is 5.11 Å². The van der Waals surface area contributed by atoms with Gasteiger partial charge < -0.3 is 15.7 Å². The SMILES string of the molecule is CCNC(=S)Nc1cc(C)ccc1O. The molecule has 0 amide bonds. The maximum atomic E-state index is 9.50. The number of hydrogen-bond acceptors (Lipinski definition) is 2. The highest BCUT2D eigenvalue weighted by Crippen LogP contribution is 2.23. The Morgan fingerprint density at radius 3 is 2.86 bits per heavy atom. The zero-order valence-corrected chi connectivity index (χ0v) is 9.11. The molecule has 4 heteroatoms. The fourth-order valence-corrected chi connectivity index (χ4v) is 1.33. The van der Waals surface area contributed by atoms with Crippen molar-refractivity contribution in [3.63, 3.8) is 0 Å². The summed E-state index contributed by atoms with van der Waals surface area (Å²) in [7, 11) is 0. The number of aromatic hydroxyl groups is 1. The van der Waals surface area contributed by atoms with E-state index in [0.29, 0.717) is 10.8 Å². The number of nitrogens with one attached hydrogen (secondary N) is 2. The first-order valence-corrected chi connectivity index (χ1v) is 4.88. The predicted molar refractivity (Wildman–Crippen MR) is 62.7 cm³/mol. The van der Waals surface area contributed by atoms with Crippen LogP contribution < -0.4 is 10.6 Å². The predicted octanol–water partition coefficient (Wildman–Crippen LogP) is 2.01. The lowest BCUT2D eigenvalue weighted by Crippen LogP contribution is -2.27. The van der Waals surface area contributed by atoms with Crippen LogP contribution in [0.5, 0.6) is 5.75 Å². The zero-order chi connectivity index (χ0) is 10.6. The van der Waals surface area contributed by atoms with Gasteiger partial charge in [-0.3, -0.25) is 0 Å². The van der Waals surface area contributed by atoms with Crippen molar-refractivity contribution in [1.82, 2.24) is 5.32 Å². The summed E-state index contributed by atoms with van der Waals surface area (Å²) in [6.45, 7) is 4.68. The van der Waals surface area contributed by atoms with E-state index < -0.39 is 0 Å². The highest BCUT2D eigenvalue weighted by molar-refractivity contribution is 7.80. The first-order valence-electron chi connectivity index (χ1n) is 4.48. The quantitative estimate of drug-likeness (QED) is 0.516. The van der Waals surface area contributed by atoms with Crippen LogP contribution in [0.1, 0.15) is 12.5 Å². The molecule has 0 saturated carbocycles. The molecule has 76 valence electrons. The van der Waals surface area contributed by atoms with E-state index in [0.717, 1.165) is 12.1 Å². The Balaban J connectivity index is 2.75. The van der Waals surface area contributed by atoms with E-state index >= 15 is 0 Å². The molecule has 3 N–H and O–H groups in total. The van der Waals surface area contributed by atoms with Crippen LogP contribution in [0.15, 0.2) is 18.2 Å². The summed E-state index contributed by atoms with van der Waals surface area (Å²) >= 11 is 5.00. The van der Waals surface area contributed by atoms with E-state index in [1.165, 1.54) is 0 Å². The molecule has 14 heavy (non-hydrogen) atoms. The van der Waals surface area contributed by atoms with Crippen LogP contribution in [0.25, 0.3) is 0 Å². The number of phenolic OH excluding ortho intramolecular Hbond substituents is 1. The third-order valence-electron chi connectivity index (χ3n) is 1.74. The van der Waals surface area contributed by atoms with Crippen molar-refractivity contribution >= 4 is 23.0 Å². The van der Waals surface area contributed by atoms with Crippen molar-refractivity contribution in [3.05, 3.63) is 23.8 Å². The van der Waals surface area contributed by atoms with Gasteiger partial charge in [-0.1, -0.05) is 6.07 Å². The topological polar surface area (TPSA) is 44.3 Å². The Kier molecular flexibility index (Phi) is 3.71.